The van der Waals surface area contributed by atoms with E-state index in [1.807, 2.05) is 13.8 Å². The van der Waals surface area contributed by atoms with Crippen LogP contribution in [0.25, 0.3) is 0 Å². The molecular weight excluding hydrogens is 226 g/mol. The molecule has 0 amide bonds. The average molecular weight is 251 g/mol. The van der Waals surface area contributed by atoms with Gasteiger partial charge in [0.05, 0.1) is 0 Å². The Hall–Kier alpha value is -0.170. The third-order valence-electron chi connectivity index (χ3n) is 2.96. The first kappa shape index (κ1) is 15.8. The summed E-state index contributed by atoms with van der Waals surface area (Å²) in [5, 5.41) is 0. The Morgan fingerprint density at radius 1 is 1.25 bits per heavy atom. The van der Waals surface area contributed by atoms with Gasteiger partial charge in [0.1, 0.15) is 0 Å². The van der Waals surface area contributed by atoms with Crippen LogP contribution in [0.5, 0.6) is 0 Å². The smallest absolute Gasteiger partial charge is 0.277 e. The predicted octanol–water partition coefficient (Wildman–Crippen LogP) is 0.584. The summed E-state index contributed by atoms with van der Waals surface area (Å²) in [4.78, 5) is 0. The third-order valence-corrected chi connectivity index (χ3v) is 4.27. The molecule has 0 saturated carbocycles. The van der Waals surface area contributed by atoms with Gasteiger partial charge in [0, 0.05) is 12.6 Å². The van der Waals surface area contributed by atoms with Crippen molar-refractivity contribution in [2.24, 2.45) is 11.1 Å². The second-order valence-electron chi connectivity index (χ2n) is 4.51. The minimum absolute atomic E-state index is 0.104. The highest BCUT2D eigenvalue weighted by Gasteiger charge is 2.26. The number of hydrogen-bond donors (Lipinski definition) is 3. The summed E-state index contributed by atoms with van der Waals surface area (Å²) in [7, 11) is -3.40. The Bertz CT molecular complexity index is 276. The van der Waals surface area contributed by atoms with Crippen molar-refractivity contribution < 1.29 is 8.42 Å². The number of nitrogens with one attached hydrogen (secondary N) is 2. The van der Waals surface area contributed by atoms with Crippen LogP contribution in [0.4, 0.5) is 0 Å². The Morgan fingerprint density at radius 3 is 2.06 bits per heavy atom. The number of nitrogens with two attached hydrogens (primary N) is 1. The van der Waals surface area contributed by atoms with Gasteiger partial charge < -0.3 is 5.73 Å². The van der Waals surface area contributed by atoms with Crippen molar-refractivity contribution in [3.63, 3.8) is 0 Å². The molecule has 0 unspecified atom stereocenters. The molecule has 0 aromatic rings. The average Bonchev–Trinajstić information content (AvgIpc) is 2.19. The highest BCUT2D eigenvalue weighted by atomic mass is 32.2. The molecule has 0 saturated heterocycles. The monoisotopic (exact) mass is 251 g/mol. The first-order valence-electron chi connectivity index (χ1n) is 5.78. The van der Waals surface area contributed by atoms with Crippen LogP contribution in [0.15, 0.2) is 0 Å². The van der Waals surface area contributed by atoms with E-state index in [-0.39, 0.29) is 11.5 Å². The van der Waals surface area contributed by atoms with Gasteiger partial charge in [0.2, 0.25) is 0 Å². The van der Waals surface area contributed by atoms with E-state index >= 15 is 0 Å². The molecule has 0 aliphatic heterocycles. The molecule has 0 spiro atoms. The van der Waals surface area contributed by atoms with Crippen molar-refractivity contribution >= 4 is 10.2 Å². The summed E-state index contributed by atoms with van der Waals surface area (Å²) in [6.45, 7) is 8.51. The number of rotatable bonds is 8. The Labute approximate surface area is 99.4 Å². The molecule has 0 radical (unpaired) electrons. The molecule has 0 rings (SSSR count). The minimum atomic E-state index is -3.40. The van der Waals surface area contributed by atoms with Crippen LogP contribution in [0.2, 0.25) is 0 Å². The van der Waals surface area contributed by atoms with Crippen molar-refractivity contribution in [2.75, 3.05) is 13.1 Å². The van der Waals surface area contributed by atoms with Gasteiger partial charge >= 0.3 is 0 Å². The van der Waals surface area contributed by atoms with Gasteiger partial charge in [-0.2, -0.15) is 13.1 Å². The zero-order chi connectivity index (χ0) is 12.8. The fraction of sp³-hybridized carbons (Fsp3) is 1.00. The van der Waals surface area contributed by atoms with Crippen molar-refractivity contribution in [3.8, 4) is 0 Å². The van der Waals surface area contributed by atoms with E-state index < -0.39 is 10.2 Å². The van der Waals surface area contributed by atoms with Gasteiger partial charge in [-0.05, 0) is 38.6 Å². The van der Waals surface area contributed by atoms with Crippen LogP contribution in [-0.2, 0) is 10.2 Å². The Kier molecular flexibility index (Phi) is 6.47. The molecule has 16 heavy (non-hydrogen) atoms. The lowest BCUT2D eigenvalue weighted by Crippen LogP contribution is -2.47. The van der Waals surface area contributed by atoms with Gasteiger partial charge in [-0.15, -0.1) is 0 Å². The highest BCUT2D eigenvalue weighted by Crippen LogP contribution is 2.23. The highest BCUT2D eigenvalue weighted by molar-refractivity contribution is 7.87. The normalized spacial score (nSPS) is 13.4. The summed E-state index contributed by atoms with van der Waals surface area (Å²) in [6.07, 6.45) is 1.73. The lowest BCUT2D eigenvalue weighted by Gasteiger charge is -2.30. The molecule has 0 atom stereocenters. The van der Waals surface area contributed by atoms with Crippen molar-refractivity contribution in [2.45, 2.75) is 46.6 Å². The SMILES string of the molecule is CCC(CC)(CN)CNS(=O)(=O)NC(C)C. The molecule has 0 aliphatic carbocycles. The van der Waals surface area contributed by atoms with E-state index in [1.54, 1.807) is 13.8 Å². The molecule has 98 valence electrons. The van der Waals surface area contributed by atoms with Gasteiger partial charge in [-0.1, -0.05) is 13.8 Å². The third kappa shape index (κ3) is 5.25. The maximum atomic E-state index is 11.6. The summed E-state index contributed by atoms with van der Waals surface area (Å²) in [5.74, 6) is 0. The maximum Gasteiger partial charge on any atom is 0.277 e. The Morgan fingerprint density at radius 2 is 1.75 bits per heavy atom. The molecular formula is C10H25N3O2S. The molecule has 5 nitrogen and oxygen atoms in total. The molecule has 0 aromatic carbocycles. The van der Waals surface area contributed by atoms with Crippen LogP contribution in [0.3, 0.4) is 0 Å². The van der Waals surface area contributed by atoms with E-state index in [4.69, 9.17) is 5.73 Å². The molecule has 0 heterocycles. The first-order valence-corrected chi connectivity index (χ1v) is 7.26. The molecule has 0 bridgehead atoms. The van der Waals surface area contributed by atoms with Crippen LogP contribution < -0.4 is 15.2 Å². The van der Waals surface area contributed by atoms with E-state index in [0.717, 1.165) is 12.8 Å². The van der Waals surface area contributed by atoms with Crippen molar-refractivity contribution in [1.29, 1.82) is 0 Å². The van der Waals surface area contributed by atoms with Gasteiger partial charge in [0.15, 0.2) is 0 Å². The molecule has 6 heteroatoms. The summed E-state index contributed by atoms with van der Waals surface area (Å²) >= 11 is 0. The van der Waals surface area contributed by atoms with Crippen molar-refractivity contribution in [3.05, 3.63) is 0 Å². The standard InChI is InChI=1S/C10H25N3O2S/c1-5-10(6-2,7-11)8-12-16(14,15)13-9(3)4/h9,12-13H,5-8,11H2,1-4H3. The van der Waals surface area contributed by atoms with Crippen molar-refractivity contribution in [1.82, 2.24) is 9.44 Å². The quantitative estimate of drug-likeness (QED) is 0.590. The molecule has 4 N–H and O–H groups in total. The zero-order valence-electron chi connectivity index (χ0n) is 10.7. The van der Waals surface area contributed by atoms with Crippen LogP contribution in [0.1, 0.15) is 40.5 Å². The topological polar surface area (TPSA) is 84.2 Å². The minimum Gasteiger partial charge on any atom is -0.330 e. The van der Waals surface area contributed by atoms with E-state index in [2.05, 4.69) is 9.44 Å². The molecule has 0 aliphatic rings. The fourth-order valence-electron chi connectivity index (χ4n) is 1.46. The van der Waals surface area contributed by atoms with E-state index in [0.29, 0.717) is 13.1 Å². The number of hydrogen-bond acceptors (Lipinski definition) is 3. The lowest BCUT2D eigenvalue weighted by molar-refractivity contribution is 0.274. The van der Waals surface area contributed by atoms with Gasteiger partial charge in [-0.3, -0.25) is 0 Å². The fourth-order valence-corrected chi connectivity index (χ4v) is 2.66. The summed E-state index contributed by atoms with van der Waals surface area (Å²) < 4.78 is 28.2. The Balaban J connectivity index is 4.42. The zero-order valence-corrected chi connectivity index (χ0v) is 11.5. The second-order valence-corrected chi connectivity index (χ2v) is 6.04. The predicted molar refractivity (Wildman–Crippen MR) is 67.3 cm³/mol. The summed E-state index contributed by atoms with van der Waals surface area (Å²) in [5.41, 5.74) is 5.57. The van der Waals surface area contributed by atoms with Crippen LogP contribution >= 0.6 is 0 Å². The van der Waals surface area contributed by atoms with E-state index in [9.17, 15) is 8.42 Å². The molecule has 0 aromatic heterocycles. The van der Waals surface area contributed by atoms with Gasteiger partial charge in [-0.25, -0.2) is 4.72 Å². The lowest BCUT2D eigenvalue weighted by atomic mass is 9.83. The van der Waals surface area contributed by atoms with Gasteiger partial charge in [0.25, 0.3) is 10.2 Å². The first-order chi connectivity index (χ1) is 7.31. The largest absolute Gasteiger partial charge is 0.330 e. The van der Waals surface area contributed by atoms with E-state index in [1.165, 1.54) is 0 Å². The molecule has 0 fully saturated rings. The van der Waals surface area contributed by atoms with Crippen LogP contribution in [0, 0.1) is 5.41 Å². The van der Waals surface area contributed by atoms with Crippen LogP contribution in [-0.4, -0.2) is 27.5 Å². The maximum absolute atomic E-state index is 11.6. The second kappa shape index (κ2) is 6.54. The summed E-state index contributed by atoms with van der Waals surface area (Å²) in [6, 6.07) is -0.104.